The molecule has 0 aromatic heterocycles. The van der Waals surface area contributed by atoms with Crippen LogP contribution >= 0.6 is 11.6 Å². The number of halogens is 1. The fourth-order valence-electron chi connectivity index (χ4n) is 2.78. The van der Waals surface area contributed by atoms with Crippen LogP contribution in [0.2, 0.25) is 5.02 Å². The van der Waals surface area contributed by atoms with Gasteiger partial charge in [0.15, 0.2) is 0 Å². The first kappa shape index (κ1) is 13.9. The van der Waals surface area contributed by atoms with Gasteiger partial charge in [0.1, 0.15) is 0 Å². The highest BCUT2D eigenvalue weighted by atomic mass is 35.5. The molecule has 0 radical (unpaired) electrons. The summed E-state index contributed by atoms with van der Waals surface area (Å²) in [6.45, 7) is 4.09. The first-order valence-electron chi connectivity index (χ1n) is 6.55. The summed E-state index contributed by atoms with van der Waals surface area (Å²) in [5.74, 6) is 0. The molecule has 1 aliphatic carbocycles. The molecule has 2 rings (SSSR count). The van der Waals surface area contributed by atoms with Crippen molar-refractivity contribution in [3.8, 4) is 0 Å². The van der Waals surface area contributed by atoms with Crippen LogP contribution in [0.3, 0.4) is 0 Å². The predicted molar refractivity (Wildman–Crippen MR) is 76.1 cm³/mol. The zero-order chi connectivity index (χ0) is 13.3. The molecule has 100 valence electrons. The number of hydrogen-bond donors (Lipinski definition) is 1. The van der Waals surface area contributed by atoms with Crippen LogP contribution < -0.4 is 5.73 Å². The number of methoxy groups -OCH3 is 1. The largest absolute Gasteiger partial charge is 0.378 e. The van der Waals surface area contributed by atoms with Gasteiger partial charge in [0.25, 0.3) is 0 Å². The summed E-state index contributed by atoms with van der Waals surface area (Å²) in [6.07, 6.45) is 4.40. The molecule has 0 spiro atoms. The smallest absolute Gasteiger partial charge is 0.0696 e. The second-order valence-electron chi connectivity index (χ2n) is 5.51. The standard InChI is InChI=1S/C15H22ClNO/c1-10-8-13(16)11(2)7-12(10)14(17)9-15(18-3)5-4-6-15/h7-8,14H,4-6,9,17H2,1-3H3. The fourth-order valence-corrected chi connectivity index (χ4v) is 2.99. The van der Waals surface area contributed by atoms with E-state index in [9.17, 15) is 0 Å². The monoisotopic (exact) mass is 267 g/mol. The Morgan fingerprint density at radius 2 is 2.00 bits per heavy atom. The SMILES string of the molecule is COC1(CC(N)c2cc(C)c(Cl)cc2C)CCC1. The Bertz CT molecular complexity index is 435. The van der Waals surface area contributed by atoms with Gasteiger partial charge in [0.05, 0.1) is 5.60 Å². The average Bonchev–Trinajstić information content (AvgIpc) is 2.28. The minimum absolute atomic E-state index is 0.0133. The van der Waals surface area contributed by atoms with Crippen LogP contribution in [0.4, 0.5) is 0 Å². The Balaban J connectivity index is 2.18. The van der Waals surface area contributed by atoms with Crippen molar-refractivity contribution in [2.45, 2.75) is 51.2 Å². The molecular formula is C15H22ClNO. The van der Waals surface area contributed by atoms with Gasteiger partial charge in [-0.25, -0.2) is 0 Å². The van der Waals surface area contributed by atoms with Crippen molar-refractivity contribution < 1.29 is 4.74 Å². The third-order valence-electron chi connectivity index (χ3n) is 4.24. The third kappa shape index (κ3) is 2.56. The molecule has 0 saturated heterocycles. The van der Waals surface area contributed by atoms with Crippen LogP contribution in [0.15, 0.2) is 12.1 Å². The normalized spacial score (nSPS) is 19.4. The van der Waals surface area contributed by atoms with Gasteiger partial charge in [-0.3, -0.25) is 0 Å². The van der Waals surface area contributed by atoms with E-state index < -0.39 is 0 Å². The van der Waals surface area contributed by atoms with E-state index in [4.69, 9.17) is 22.1 Å². The van der Waals surface area contributed by atoms with Crippen LogP contribution in [0.25, 0.3) is 0 Å². The Labute approximate surface area is 114 Å². The van der Waals surface area contributed by atoms with Gasteiger partial charge in [-0.1, -0.05) is 17.7 Å². The van der Waals surface area contributed by atoms with Crippen LogP contribution in [0.5, 0.6) is 0 Å². The van der Waals surface area contributed by atoms with Gasteiger partial charge in [-0.05, 0) is 62.3 Å². The quantitative estimate of drug-likeness (QED) is 0.898. The molecule has 0 aliphatic heterocycles. The molecule has 1 aliphatic rings. The molecule has 0 bridgehead atoms. The Hall–Kier alpha value is -0.570. The summed E-state index contributed by atoms with van der Waals surface area (Å²) in [6, 6.07) is 4.15. The van der Waals surface area contributed by atoms with Crippen molar-refractivity contribution in [2.75, 3.05) is 7.11 Å². The van der Waals surface area contributed by atoms with Gasteiger partial charge in [-0.2, -0.15) is 0 Å². The lowest BCUT2D eigenvalue weighted by Crippen LogP contribution is -2.42. The van der Waals surface area contributed by atoms with Gasteiger partial charge in [-0.15, -0.1) is 0 Å². The van der Waals surface area contributed by atoms with Gasteiger partial charge >= 0.3 is 0 Å². The van der Waals surface area contributed by atoms with E-state index >= 15 is 0 Å². The highest BCUT2D eigenvalue weighted by Crippen LogP contribution is 2.41. The lowest BCUT2D eigenvalue weighted by Gasteiger charge is -2.42. The molecule has 2 nitrogen and oxygen atoms in total. The van der Waals surface area contributed by atoms with Gasteiger partial charge in [0.2, 0.25) is 0 Å². The van der Waals surface area contributed by atoms with E-state index in [0.717, 1.165) is 29.8 Å². The molecule has 1 atom stereocenters. The zero-order valence-corrected chi connectivity index (χ0v) is 12.2. The second-order valence-corrected chi connectivity index (χ2v) is 5.92. The van der Waals surface area contributed by atoms with Crippen molar-refractivity contribution in [3.63, 3.8) is 0 Å². The van der Waals surface area contributed by atoms with Crippen molar-refractivity contribution in [2.24, 2.45) is 5.73 Å². The van der Waals surface area contributed by atoms with Crippen LogP contribution in [-0.4, -0.2) is 12.7 Å². The summed E-state index contributed by atoms with van der Waals surface area (Å²) in [5.41, 5.74) is 9.83. The molecular weight excluding hydrogens is 246 g/mol. The maximum Gasteiger partial charge on any atom is 0.0696 e. The lowest BCUT2D eigenvalue weighted by atomic mass is 9.74. The van der Waals surface area contributed by atoms with Crippen molar-refractivity contribution >= 4 is 11.6 Å². The summed E-state index contributed by atoms with van der Waals surface area (Å²) in [4.78, 5) is 0. The van der Waals surface area contributed by atoms with Crippen LogP contribution in [-0.2, 0) is 4.74 Å². The molecule has 1 unspecified atom stereocenters. The van der Waals surface area contributed by atoms with Crippen molar-refractivity contribution in [1.29, 1.82) is 0 Å². The van der Waals surface area contributed by atoms with Crippen molar-refractivity contribution in [3.05, 3.63) is 33.8 Å². The molecule has 1 aromatic rings. The summed E-state index contributed by atoms with van der Waals surface area (Å²) >= 11 is 6.12. The molecule has 1 fully saturated rings. The maximum absolute atomic E-state index is 6.36. The van der Waals surface area contributed by atoms with Crippen LogP contribution in [0.1, 0.15) is 48.4 Å². The topological polar surface area (TPSA) is 35.2 Å². The molecule has 1 saturated carbocycles. The lowest BCUT2D eigenvalue weighted by molar-refractivity contribution is -0.0817. The Kier molecular flexibility index (Phi) is 4.00. The molecule has 3 heteroatoms. The highest BCUT2D eigenvalue weighted by Gasteiger charge is 2.38. The molecule has 18 heavy (non-hydrogen) atoms. The summed E-state index contributed by atoms with van der Waals surface area (Å²) in [7, 11) is 1.80. The maximum atomic E-state index is 6.36. The van der Waals surface area contributed by atoms with E-state index in [0.29, 0.717) is 0 Å². The zero-order valence-electron chi connectivity index (χ0n) is 11.4. The summed E-state index contributed by atoms with van der Waals surface area (Å²) < 4.78 is 5.65. The minimum atomic E-state index is 0.0133. The predicted octanol–water partition coefficient (Wildman–Crippen LogP) is 3.92. The van der Waals surface area contributed by atoms with E-state index in [-0.39, 0.29) is 11.6 Å². The number of aryl methyl sites for hydroxylation is 2. The first-order chi connectivity index (χ1) is 8.47. The van der Waals surface area contributed by atoms with Crippen molar-refractivity contribution in [1.82, 2.24) is 0 Å². The molecule has 1 aromatic carbocycles. The molecule has 2 N–H and O–H groups in total. The van der Waals surface area contributed by atoms with Gasteiger partial charge in [0, 0.05) is 18.2 Å². The fraction of sp³-hybridized carbons (Fsp3) is 0.600. The van der Waals surface area contributed by atoms with Crippen LogP contribution in [0, 0.1) is 13.8 Å². The Morgan fingerprint density at radius 3 is 2.50 bits per heavy atom. The van der Waals surface area contributed by atoms with E-state index in [1.807, 2.05) is 13.0 Å². The molecule has 0 heterocycles. The Morgan fingerprint density at radius 1 is 1.33 bits per heavy atom. The highest BCUT2D eigenvalue weighted by molar-refractivity contribution is 6.31. The average molecular weight is 268 g/mol. The third-order valence-corrected chi connectivity index (χ3v) is 4.64. The van der Waals surface area contributed by atoms with Gasteiger partial charge < -0.3 is 10.5 Å². The number of benzene rings is 1. The van der Waals surface area contributed by atoms with E-state index in [2.05, 4.69) is 13.0 Å². The number of rotatable bonds is 4. The van der Waals surface area contributed by atoms with E-state index in [1.165, 1.54) is 17.5 Å². The number of ether oxygens (including phenoxy) is 1. The van der Waals surface area contributed by atoms with E-state index in [1.54, 1.807) is 7.11 Å². The number of hydrogen-bond acceptors (Lipinski definition) is 2. The molecule has 0 amide bonds. The second kappa shape index (κ2) is 5.20. The number of nitrogens with two attached hydrogens (primary N) is 1. The minimum Gasteiger partial charge on any atom is -0.378 e. The summed E-state index contributed by atoms with van der Waals surface area (Å²) in [5, 5.41) is 0.813. The first-order valence-corrected chi connectivity index (χ1v) is 6.92.